The van der Waals surface area contributed by atoms with E-state index < -0.39 is 11.8 Å². The van der Waals surface area contributed by atoms with Crippen molar-refractivity contribution in [3.05, 3.63) is 29.8 Å². The van der Waals surface area contributed by atoms with E-state index in [4.69, 9.17) is 5.73 Å². The predicted molar refractivity (Wildman–Crippen MR) is 86.8 cm³/mol. The number of hydrogen-bond donors (Lipinski definition) is 1. The van der Waals surface area contributed by atoms with Gasteiger partial charge in [0.05, 0.1) is 24.7 Å². The highest BCUT2D eigenvalue weighted by atomic mass is 19.1. The van der Waals surface area contributed by atoms with E-state index in [0.29, 0.717) is 11.4 Å². The minimum atomic E-state index is -0.635. The van der Waals surface area contributed by atoms with Gasteiger partial charge in [0.1, 0.15) is 5.69 Å². The predicted octanol–water partition coefficient (Wildman–Crippen LogP) is 0.527. The fraction of sp³-hybridized carbons (Fsp3) is 0.400. The molecule has 0 unspecified atom stereocenters. The number of esters is 1. The summed E-state index contributed by atoms with van der Waals surface area (Å²) in [6, 6.07) is 2.90. The number of piperazine rings is 1. The van der Waals surface area contributed by atoms with Crippen molar-refractivity contribution in [1.82, 2.24) is 19.9 Å². The van der Waals surface area contributed by atoms with Crippen LogP contribution < -0.4 is 10.6 Å². The van der Waals surface area contributed by atoms with E-state index in [-0.39, 0.29) is 11.4 Å². The molecular weight excluding hydrogens is 315 g/mol. The number of halogens is 1. The molecule has 0 saturated carbocycles. The Kier molecular flexibility index (Phi) is 4.34. The zero-order chi connectivity index (χ0) is 17.3. The zero-order valence-electron chi connectivity index (χ0n) is 13.6. The lowest BCUT2D eigenvalue weighted by Gasteiger charge is -2.34. The summed E-state index contributed by atoms with van der Waals surface area (Å²) in [5.74, 6) is -1.12. The van der Waals surface area contributed by atoms with E-state index in [9.17, 15) is 9.18 Å². The molecule has 128 valence electrons. The number of likely N-dealkylation sites (N-methyl/N-ethyl adjacent to an activating group) is 1. The first kappa shape index (κ1) is 16.2. The average molecular weight is 334 g/mol. The third-order valence-electron chi connectivity index (χ3n) is 4.07. The molecule has 1 saturated heterocycles. The molecule has 9 heteroatoms. The number of ether oxygens (including phenoxy) is 1. The molecule has 1 aliphatic rings. The fourth-order valence-corrected chi connectivity index (χ4v) is 2.64. The van der Waals surface area contributed by atoms with Gasteiger partial charge in [-0.1, -0.05) is 5.21 Å². The van der Waals surface area contributed by atoms with Gasteiger partial charge >= 0.3 is 5.97 Å². The Hall–Kier alpha value is -2.68. The Morgan fingerprint density at radius 1 is 1.25 bits per heavy atom. The Bertz CT molecular complexity index is 754. The van der Waals surface area contributed by atoms with Gasteiger partial charge in [0.15, 0.2) is 11.5 Å². The van der Waals surface area contributed by atoms with Gasteiger partial charge in [0.2, 0.25) is 0 Å². The molecule has 3 rings (SSSR count). The van der Waals surface area contributed by atoms with Crippen LogP contribution in [0, 0.1) is 5.82 Å². The molecular formula is C15H19FN6O2. The maximum absolute atomic E-state index is 14.5. The van der Waals surface area contributed by atoms with Crippen molar-refractivity contribution in [3.63, 3.8) is 0 Å². The highest BCUT2D eigenvalue weighted by Gasteiger charge is 2.20. The Morgan fingerprint density at radius 3 is 2.62 bits per heavy atom. The molecule has 0 atom stereocenters. The number of hydrogen-bond acceptors (Lipinski definition) is 7. The summed E-state index contributed by atoms with van der Waals surface area (Å²) in [5.41, 5.74) is 7.36. The average Bonchev–Trinajstić information content (AvgIpc) is 3.06. The van der Waals surface area contributed by atoms with Crippen LogP contribution >= 0.6 is 0 Å². The van der Waals surface area contributed by atoms with Gasteiger partial charge in [-0.05, 0) is 13.1 Å². The van der Waals surface area contributed by atoms with E-state index in [0.717, 1.165) is 26.2 Å². The first-order valence-electron chi connectivity index (χ1n) is 7.53. The van der Waals surface area contributed by atoms with Crippen molar-refractivity contribution in [3.8, 4) is 5.69 Å². The third-order valence-corrected chi connectivity index (χ3v) is 4.07. The molecule has 2 aromatic rings. The number of carbonyl (C=O) groups excluding carboxylic acids is 1. The van der Waals surface area contributed by atoms with Crippen molar-refractivity contribution >= 4 is 17.3 Å². The number of aromatic nitrogens is 3. The quantitative estimate of drug-likeness (QED) is 0.647. The summed E-state index contributed by atoms with van der Waals surface area (Å²) in [7, 11) is 3.29. The molecule has 1 aromatic carbocycles. The minimum absolute atomic E-state index is 0.00128. The molecule has 0 radical (unpaired) electrons. The van der Waals surface area contributed by atoms with Crippen LogP contribution in [0.4, 0.5) is 15.8 Å². The smallest absolute Gasteiger partial charge is 0.360 e. The second-order valence-electron chi connectivity index (χ2n) is 5.69. The number of carbonyl (C=O) groups is 1. The number of nitrogen functional groups attached to an aromatic ring is 1. The number of nitrogens with two attached hydrogens (primary N) is 1. The van der Waals surface area contributed by atoms with Crippen LogP contribution in [0.15, 0.2) is 18.3 Å². The van der Waals surface area contributed by atoms with Gasteiger partial charge in [-0.15, -0.1) is 5.10 Å². The van der Waals surface area contributed by atoms with Crippen molar-refractivity contribution in [2.45, 2.75) is 0 Å². The second kappa shape index (κ2) is 6.44. The van der Waals surface area contributed by atoms with Crippen LogP contribution in [0.2, 0.25) is 0 Å². The van der Waals surface area contributed by atoms with Gasteiger partial charge in [0.25, 0.3) is 0 Å². The van der Waals surface area contributed by atoms with Crippen LogP contribution in [0.1, 0.15) is 10.5 Å². The lowest BCUT2D eigenvalue weighted by molar-refractivity contribution is 0.0594. The molecule has 0 aliphatic carbocycles. The normalized spacial score (nSPS) is 15.5. The minimum Gasteiger partial charge on any atom is -0.464 e. The standard InChI is InChI=1S/C15H19FN6O2/c1-20-3-5-21(6-4-20)14-7-10(16)13(8-11(14)17)22-9-12(18-19-22)15(23)24-2/h7-9H,3-6,17H2,1-2H3. The van der Waals surface area contributed by atoms with E-state index >= 15 is 0 Å². The summed E-state index contributed by atoms with van der Waals surface area (Å²) in [5, 5.41) is 7.43. The topological polar surface area (TPSA) is 89.5 Å². The van der Waals surface area contributed by atoms with Crippen LogP contribution in [-0.4, -0.2) is 66.2 Å². The molecule has 0 bridgehead atoms. The van der Waals surface area contributed by atoms with Gasteiger partial charge in [-0.25, -0.2) is 13.9 Å². The Balaban J connectivity index is 1.90. The molecule has 1 aromatic heterocycles. The lowest BCUT2D eigenvalue weighted by atomic mass is 10.2. The molecule has 2 heterocycles. The van der Waals surface area contributed by atoms with Crippen molar-refractivity contribution in [2.75, 3.05) is 51.0 Å². The SMILES string of the molecule is COC(=O)c1cn(-c2cc(N)c(N3CCN(C)CC3)cc2F)nn1. The number of nitrogens with zero attached hydrogens (tertiary/aromatic N) is 5. The van der Waals surface area contributed by atoms with Crippen molar-refractivity contribution < 1.29 is 13.9 Å². The molecule has 1 fully saturated rings. The molecule has 2 N–H and O–H groups in total. The van der Waals surface area contributed by atoms with Gasteiger partial charge in [-0.3, -0.25) is 0 Å². The molecule has 8 nitrogen and oxygen atoms in total. The Morgan fingerprint density at radius 2 is 1.96 bits per heavy atom. The number of methoxy groups -OCH3 is 1. The molecule has 0 amide bonds. The highest BCUT2D eigenvalue weighted by Crippen LogP contribution is 2.29. The van der Waals surface area contributed by atoms with Crippen molar-refractivity contribution in [2.24, 2.45) is 0 Å². The molecule has 24 heavy (non-hydrogen) atoms. The van der Waals surface area contributed by atoms with Gasteiger partial charge in [0, 0.05) is 32.2 Å². The number of rotatable bonds is 3. The number of anilines is 2. The Labute approximate surface area is 138 Å². The maximum Gasteiger partial charge on any atom is 0.360 e. The third kappa shape index (κ3) is 3.02. The first-order valence-corrected chi connectivity index (χ1v) is 7.53. The summed E-state index contributed by atoms with van der Waals surface area (Å²) in [6.07, 6.45) is 1.30. The van der Waals surface area contributed by atoms with E-state index in [1.165, 1.54) is 30.1 Å². The summed E-state index contributed by atoms with van der Waals surface area (Å²) in [4.78, 5) is 15.7. The van der Waals surface area contributed by atoms with Crippen LogP contribution in [0.25, 0.3) is 5.69 Å². The first-order chi connectivity index (χ1) is 11.5. The van der Waals surface area contributed by atoms with Gasteiger partial charge < -0.3 is 20.3 Å². The van der Waals surface area contributed by atoms with Crippen LogP contribution in [0.5, 0.6) is 0 Å². The van der Waals surface area contributed by atoms with Crippen molar-refractivity contribution in [1.29, 1.82) is 0 Å². The summed E-state index contributed by atoms with van der Waals surface area (Å²) < 4.78 is 20.3. The largest absolute Gasteiger partial charge is 0.464 e. The maximum atomic E-state index is 14.5. The van der Waals surface area contributed by atoms with Gasteiger partial charge in [-0.2, -0.15) is 0 Å². The highest BCUT2D eigenvalue weighted by molar-refractivity contribution is 5.86. The fourth-order valence-electron chi connectivity index (χ4n) is 2.64. The summed E-state index contributed by atoms with van der Waals surface area (Å²) >= 11 is 0. The molecule has 1 aliphatic heterocycles. The zero-order valence-corrected chi connectivity index (χ0v) is 13.6. The van der Waals surface area contributed by atoms with E-state index in [1.807, 2.05) is 7.05 Å². The van der Waals surface area contributed by atoms with Crippen LogP contribution in [0.3, 0.4) is 0 Å². The number of benzene rings is 1. The lowest BCUT2D eigenvalue weighted by Crippen LogP contribution is -2.44. The second-order valence-corrected chi connectivity index (χ2v) is 5.69. The monoisotopic (exact) mass is 334 g/mol. The van der Waals surface area contributed by atoms with E-state index in [2.05, 4.69) is 24.8 Å². The molecule has 0 spiro atoms. The van der Waals surface area contributed by atoms with E-state index in [1.54, 1.807) is 0 Å². The van der Waals surface area contributed by atoms with Crippen LogP contribution in [-0.2, 0) is 4.74 Å². The summed E-state index contributed by atoms with van der Waals surface area (Å²) in [6.45, 7) is 3.37.